The van der Waals surface area contributed by atoms with Gasteiger partial charge in [0.05, 0.1) is 29.7 Å². The third kappa shape index (κ3) is 5.81. The highest BCUT2D eigenvalue weighted by molar-refractivity contribution is 6.04. The van der Waals surface area contributed by atoms with E-state index >= 15 is 4.39 Å². The molecular weight excluding hydrogens is 547 g/mol. The fraction of sp³-hybridized carbons (Fsp3) is 0.200. The number of ether oxygens (including phenoxy) is 3. The SMILES string of the molecule is Cc1c(CC(=O)OCc2ccccc2)c2ccccc2n1C(=O)c1ccc(OC[C@@H]2CN(C)c3ccccc3O2)cc1F. The van der Waals surface area contributed by atoms with Gasteiger partial charge in [-0.3, -0.25) is 14.2 Å². The Kier molecular flexibility index (Phi) is 7.83. The van der Waals surface area contributed by atoms with Crippen molar-refractivity contribution in [2.75, 3.05) is 25.1 Å². The normalized spacial score (nSPS) is 14.2. The summed E-state index contributed by atoms with van der Waals surface area (Å²) in [5.41, 5.74) is 3.61. The fourth-order valence-corrected chi connectivity index (χ4v) is 5.50. The van der Waals surface area contributed by atoms with Gasteiger partial charge in [-0.05, 0) is 48.4 Å². The molecule has 0 radical (unpaired) electrons. The van der Waals surface area contributed by atoms with Crippen molar-refractivity contribution in [3.05, 3.63) is 125 Å². The number of para-hydroxylation sites is 3. The molecule has 0 saturated carbocycles. The van der Waals surface area contributed by atoms with Gasteiger partial charge in [0.1, 0.15) is 36.6 Å². The highest BCUT2D eigenvalue weighted by Gasteiger charge is 2.25. The van der Waals surface area contributed by atoms with Crippen molar-refractivity contribution in [3.63, 3.8) is 0 Å². The van der Waals surface area contributed by atoms with Crippen molar-refractivity contribution in [2.45, 2.75) is 26.1 Å². The van der Waals surface area contributed by atoms with Crippen molar-refractivity contribution in [3.8, 4) is 11.5 Å². The molecule has 1 aromatic heterocycles. The van der Waals surface area contributed by atoms with Crippen molar-refractivity contribution in [2.24, 2.45) is 0 Å². The van der Waals surface area contributed by atoms with Crippen molar-refractivity contribution in [1.29, 1.82) is 0 Å². The molecule has 0 spiro atoms. The first-order valence-corrected chi connectivity index (χ1v) is 14.1. The standard InChI is InChI=1S/C35H31FN2O5/c1-23-29(19-34(39)42-21-24-10-4-3-5-11-24)27-12-6-7-13-31(27)38(23)35(40)28-17-16-25(18-30(28)36)41-22-26-20-37(2)32-14-8-9-15-33(32)43-26/h3-18,26H,19-22H2,1-2H3/t26-/m0/s1. The van der Waals surface area contributed by atoms with E-state index in [9.17, 15) is 9.59 Å². The summed E-state index contributed by atoms with van der Waals surface area (Å²) < 4.78 is 34.3. The van der Waals surface area contributed by atoms with Gasteiger partial charge in [0.2, 0.25) is 0 Å². The van der Waals surface area contributed by atoms with Crippen molar-refractivity contribution < 1.29 is 28.2 Å². The topological polar surface area (TPSA) is 70.0 Å². The predicted molar refractivity (Wildman–Crippen MR) is 162 cm³/mol. The number of nitrogens with zero attached hydrogens (tertiary/aromatic N) is 2. The number of carbonyl (C=O) groups excluding carboxylic acids is 2. The smallest absolute Gasteiger partial charge is 0.310 e. The van der Waals surface area contributed by atoms with E-state index in [-0.39, 0.29) is 31.3 Å². The van der Waals surface area contributed by atoms with Gasteiger partial charge in [-0.25, -0.2) is 4.39 Å². The van der Waals surface area contributed by atoms with Crippen LogP contribution in [-0.2, 0) is 22.6 Å². The summed E-state index contributed by atoms with van der Waals surface area (Å²) in [5, 5.41) is 0.740. The average molecular weight is 579 g/mol. The number of fused-ring (bicyclic) bond motifs is 2. The first-order valence-electron chi connectivity index (χ1n) is 14.1. The van der Waals surface area contributed by atoms with E-state index in [1.54, 1.807) is 25.1 Å². The van der Waals surface area contributed by atoms with Crippen LogP contribution in [0, 0.1) is 12.7 Å². The molecule has 1 aliphatic heterocycles. The summed E-state index contributed by atoms with van der Waals surface area (Å²) in [5.74, 6) is -0.567. The zero-order chi connectivity index (χ0) is 29.9. The molecule has 8 heteroatoms. The minimum Gasteiger partial charge on any atom is -0.490 e. The van der Waals surface area contributed by atoms with Crippen LogP contribution in [0.5, 0.6) is 11.5 Å². The summed E-state index contributed by atoms with van der Waals surface area (Å²) in [7, 11) is 1.99. The second kappa shape index (κ2) is 12.0. The second-order valence-electron chi connectivity index (χ2n) is 10.6. The maximum Gasteiger partial charge on any atom is 0.310 e. The maximum atomic E-state index is 15.4. The van der Waals surface area contributed by atoms with Gasteiger partial charge in [-0.15, -0.1) is 0 Å². The van der Waals surface area contributed by atoms with Gasteiger partial charge in [0.15, 0.2) is 0 Å². The quantitative estimate of drug-likeness (QED) is 0.200. The van der Waals surface area contributed by atoms with Crippen LogP contribution >= 0.6 is 0 Å². The Morgan fingerprint density at radius 3 is 2.51 bits per heavy atom. The van der Waals surface area contributed by atoms with Gasteiger partial charge in [0, 0.05) is 24.2 Å². The van der Waals surface area contributed by atoms with Crippen LogP contribution in [0.4, 0.5) is 10.1 Å². The van der Waals surface area contributed by atoms with Gasteiger partial charge in [0.25, 0.3) is 5.91 Å². The number of esters is 1. The molecule has 0 N–H and O–H groups in total. The highest BCUT2D eigenvalue weighted by atomic mass is 19.1. The number of benzene rings is 4. The third-order valence-corrected chi connectivity index (χ3v) is 7.66. The molecule has 218 valence electrons. The number of likely N-dealkylation sites (N-methyl/N-ethyl adjacent to an activating group) is 1. The number of carbonyl (C=O) groups is 2. The molecule has 5 aromatic rings. The Hall–Kier alpha value is -5.11. The van der Waals surface area contributed by atoms with E-state index in [0.717, 1.165) is 22.4 Å². The molecule has 0 unspecified atom stereocenters. The summed E-state index contributed by atoms with van der Waals surface area (Å²) in [6, 6.07) is 28.7. The molecule has 43 heavy (non-hydrogen) atoms. The summed E-state index contributed by atoms with van der Waals surface area (Å²) in [4.78, 5) is 28.6. The Morgan fingerprint density at radius 2 is 1.70 bits per heavy atom. The van der Waals surface area contributed by atoms with Gasteiger partial charge < -0.3 is 19.1 Å². The number of aromatic nitrogens is 1. The average Bonchev–Trinajstić information content (AvgIpc) is 3.30. The Labute approximate surface area is 249 Å². The highest BCUT2D eigenvalue weighted by Crippen LogP contribution is 2.32. The van der Waals surface area contributed by atoms with Gasteiger partial charge in [-0.1, -0.05) is 60.7 Å². The van der Waals surface area contributed by atoms with E-state index in [1.165, 1.54) is 16.7 Å². The zero-order valence-corrected chi connectivity index (χ0v) is 24.0. The molecule has 0 saturated heterocycles. The Bertz CT molecular complexity index is 1800. The zero-order valence-electron chi connectivity index (χ0n) is 24.0. The van der Waals surface area contributed by atoms with Crippen LogP contribution in [0.15, 0.2) is 97.1 Å². The van der Waals surface area contributed by atoms with Crippen LogP contribution in [0.3, 0.4) is 0 Å². The summed E-state index contributed by atoms with van der Waals surface area (Å²) in [6.07, 6.45) is -0.256. The fourth-order valence-electron chi connectivity index (χ4n) is 5.50. The molecule has 0 aliphatic carbocycles. The second-order valence-corrected chi connectivity index (χ2v) is 10.6. The molecule has 7 nitrogen and oxygen atoms in total. The maximum absolute atomic E-state index is 15.4. The largest absolute Gasteiger partial charge is 0.490 e. The third-order valence-electron chi connectivity index (χ3n) is 7.66. The molecule has 1 atom stereocenters. The monoisotopic (exact) mass is 578 g/mol. The Morgan fingerprint density at radius 1 is 0.953 bits per heavy atom. The summed E-state index contributed by atoms with van der Waals surface area (Å²) >= 11 is 0. The molecular formula is C35H31FN2O5. The Balaban J connectivity index is 1.18. The molecule has 1 aliphatic rings. The first kappa shape index (κ1) is 28.0. The van der Waals surface area contributed by atoms with Crippen molar-refractivity contribution in [1.82, 2.24) is 4.57 Å². The van der Waals surface area contributed by atoms with Crippen LogP contribution in [0.2, 0.25) is 0 Å². The first-order chi connectivity index (χ1) is 20.9. The van der Waals surface area contributed by atoms with Gasteiger partial charge >= 0.3 is 5.97 Å². The molecule has 0 fully saturated rings. The number of hydrogen-bond acceptors (Lipinski definition) is 6. The minimum absolute atomic E-state index is 0.0162. The predicted octanol–water partition coefficient (Wildman–Crippen LogP) is 6.34. The van der Waals surface area contributed by atoms with E-state index in [2.05, 4.69) is 4.90 Å². The minimum atomic E-state index is -0.699. The van der Waals surface area contributed by atoms with E-state index in [4.69, 9.17) is 14.2 Å². The van der Waals surface area contributed by atoms with E-state index in [0.29, 0.717) is 29.1 Å². The lowest BCUT2D eigenvalue weighted by molar-refractivity contribution is -0.144. The lowest BCUT2D eigenvalue weighted by atomic mass is 10.1. The number of rotatable bonds is 8. The molecule has 4 aromatic carbocycles. The number of hydrogen-bond donors (Lipinski definition) is 0. The number of halogens is 1. The lowest BCUT2D eigenvalue weighted by Crippen LogP contribution is -2.41. The molecule has 2 heterocycles. The van der Waals surface area contributed by atoms with Crippen LogP contribution in [-0.4, -0.2) is 42.7 Å². The van der Waals surface area contributed by atoms with Crippen LogP contribution in [0.25, 0.3) is 10.9 Å². The number of anilines is 1. The molecule has 6 rings (SSSR count). The van der Waals surface area contributed by atoms with E-state index < -0.39 is 17.7 Å². The van der Waals surface area contributed by atoms with Crippen molar-refractivity contribution >= 4 is 28.5 Å². The molecule has 0 amide bonds. The van der Waals surface area contributed by atoms with E-state index in [1.807, 2.05) is 73.8 Å². The van der Waals surface area contributed by atoms with Crippen LogP contribution in [0.1, 0.15) is 27.2 Å². The lowest BCUT2D eigenvalue weighted by Gasteiger charge is -2.33. The van der Waals surface area contributed by atoms with Gasteiger partial charge in [-0.2, -0.15) is 0 Å². The molecule has 0 bridgehead atoms. The van der Waals surface area contributed by atoms with Crippen LogP contribution < -0.4 is 14.4 Å². The summed E-state index contributed by atoms with van der Waals surface area (Å²) in [6.45, 7) is 2.76.